The van der Waals surface area contributed by atoms with Crippen molar-refractivity contribution in [3.05, 3.63) is 0 Å². The van der Waals surface area contributed by atoms with Crippen molar-refractivity contribution < 1.29 is 47.6 Å². The number of sulfone groups is 1. The summed E-state index contributed by atoms with van der Waals surface area (Å²) in [5.74, 6) is -6.49. The van der Waals surface area contributed by atoms with E-state index in [0.29, 0.717) is 0 Å². The molecule has 1 heterocycles. The Balaban J connectivity index is 2.67. The third-order valence-corrected chi connectivity index (χ3v) is 6.98. The van der Waals surface area contributed by atoms with Crippen LogP contribution in [0.25, 0.3) is 0 Å². The second-order valence-corrected chi connectivity index (χ2v) is 9.91. The zero-order valence-corrected chi connectivity index (χ0v) is 14.3. The Labute approximate surface area is 139 Å². The monoisotopic (exact) mass is 423 g/mol. The summed E-state index contributed by atoms with van der Waals surface area (Å²) >= 11 is 0. The summed E-state index contributed by atoms with van der Waals surface area (Å²) in [4.78, 5) is 0. The van der Waals surface area contributed by atoms with Crippen LogP contribution in [0.15, 0.2) is 0 Å². The standard InChI is InChI=1S/C11H16F7NO4S2/c12-9(13,7-10(14,15)16)11(17,18)25(22,23)19-4-1-8-2-5-24(20,21)6-3-8/h8,19H,1-7H2. The van der Waals surface area contributed by atoms with E-state index in [0.717, 1.165) is 0 Å². The molecule has 0 aliphatic carbocycles. The average molecular weight is 423 g/mol. The van der Waals surface area contributed by atoms with E-state index in [1.165, 1.54) is 4.72 Å². The van der Waals surface area contributed by atoms with Crippen LogP contribution in [0, 0.1) is 5.92 Å². The van der Waals surface area contributed by atoms with Crippen molar-refractivity contribution in [2.45, 2.75) is 43.0 Å². The summed E-state index contributed by atoms with van der Waals surface area (Å²) in [5.41, 5.74) is 0. The molecule has 0 saturated carbocycles. The Morgan fingerprint density at radius 2 is 1.44 bits per heavy atom. The number of rotatable bonds is 7. The minimum absolute atomic E-state index is 0.102. The lowest BCUT2D eigenvalue weighted by Crippen LogP contribution is -2.53. The van der Waals surface area contributed by atoms with E-state index >= 15 is 0 Å². The van der Waals surface area contributed by atoms with Gasteiger partial charge in [0.1, 0.15) is 16.3 Å². The molecule has 1 N–H and O–H groups in total. The molecule has 0 unspecified atom stereocenters. The first-order valence-electron chi connectivity index (χ1n) is 7.01. The molecule has 1 aliphatic heterocycles. The van der Waals surface area contributed by atoms with Crippen LogP contribution in [0.3, 0.4) is 0 Å². The molecule has 0 aromatic carbocycles. The molecule has 150 valence electrons. The van der Waals surface area contributed by atoms with Gasteiger partial charge >= 0.3 is 17.4 Å². The van der Waals surface area contributed by atoms with Gasteiger partial charge in [0.05, 0.1) is 11.5 Å². The van der Waals surface area contributed by atoms with Crippen molar-refractivity contribution in [2.24, 2.45) is 5.92 Å². The third kappa shape index (κ3) is 5.94. The highest BCUT2D eigenvalue weighted by molar-refractivity contribution is 7.91. The van der Waals surface area contributed by atoms with Gasteiger partial charge in [0, 0.05) is 6.54 Å². The van der Waals surface area contributed by atoms with E-state index in [1.807, 2.05) is 0 Å². The lowest BCUT2D eigenvalue weighted by atomic mass is 9.99. The van der Waals surface area contributed by atoms with Gasteiger partial charge in [0.15, 0.2) is 0 Å². The van der Waals surface area contributed by atoms with Gasteiger partial charge < -0.3 is 0 Å². The molecule has 1 fully saturated rings. The molecule has 14 heteroatoms. The SMILES string of the molecule is O=S1(=O)CCC(CCNS(=O)(=O)C(F)(F)C(F)(F)CC(F)(F)F)CC1. The molecule has 0 radical (unpaired) electrons. The second kappa shape index (κ2) is 7.18. The molecule has 0 bridgehead atoms. The number of hydrogen-bond acceptors (Lipinski definition) is 4. The second-order valence-electron chi connectivity index (χ2n) is 5.79. The summed E-state index contributed by atoms with van der Waals surface area (Å²) in [6.45, 7) is -0.718. The summed E-state index contributed by atoms with van der Waals surface area (Å²) in [7, 11) is -9.26. The minimum atomic E-state index is -6.07. The van der Waals surface area contributed by atoms with E-state index in [9.17, 15) is 47.6 Å². The molecule has 5 nitrogen and oxygen atoms in total. The normalized spacial score (nSPS) is 20.6. The zero-order chi connectivity index (χ0) is 19.7. The van der Waals surface area contributed by atoms with Gasteiger partial charge in [0.2, 0.25) is 0 Å². The molecule has 1 rings (SSSR count). The number of halogens is 7. The molecule has 0 atom stereocenters. The average Bonchev–Trinajstić information content (AvgIpc) is 2.37. The summed E-state index contributed by atoms with van der Waals surface area (Å²) in [5, 5.41) is -5.95. The number of nitrogens with one attached hydrogen (secondary N) is 1. The Bertz CT molecular complexity index is 659. The molecule has 1 aliphatic rings. The molecule has 0 aromatic heterocycles. The Kier molecular flexibility index (Phi) is 6.43. The quantitative estimate of drug-likeness (QED) is 0.638. The number of sulfonamides is 1. The van der Waals surface area contributed by atoms with Crippen molar-refractivity contribution in [2.75, 3.05) is 18.1 Å². The van der Waals surface area contributed by atoms with Crippen molar-refractivity contribution in [3.63, 3.8) is 0 Å². The predicted molar refractivity (Wildman–Crippen MR) is 73.5 cm³/mol. The van der Waals surface area contributed by atoms with Crippen molar-refractivity contribution in [3.8, 4) is 0 Å². The van der Waals surface area contributed by atoms with E-state index in [4.69, 9.17) is 0 Å². The van der Waals surface area contributed by atoms with Crippen LogP contribution in [0.1, 0.15) is 25.7 Å². The summed E-state index contributed by atoms with van der Waals surface area (Å²) < 4.78 is 135. The molecule has 0 spiro atoms. The smallest absolute Gasteiger partial charge is 0.229 e. The third-order valence-electron chi connectivity index (χ3n) is 3.70. The summed E-state index contributed by atoms with van der Waals surface area (Å²) in [6.07, 6.45) is -8.75. The maximum absolute atomic E-state index is 13.4. The van der Waals surface area contributed by atoms with Gasteiger partial charge in [-0.3, -0.25) is 0 Å². The maximum Gasteiger partial charge on any atom is 0.420 e. The maximum atomic E-state index is 13.4. The highest BCUT2D eigenvalue weighted by Crippen LogP contribution is 2.45. The fourth-order valence-electron chi connectivity index (χ4n) is 2.27. The zero-order valence-electron chi connectivity index (χ0n) is 12.6. The molecular weight excluding hydrogens is 407 g/mol. The van der Waals surface area contributed by atoms with Crippen LogP contribution < -0.4 is 4.72 Å². The van der Waals surface area contributed by atoms with Crippen LogP contribution in [0.5, 0.6) is 0 Å². The molecule has 0 aromatic rings. The predicted octanol–water partition coefficient (Wildman–Crippen LogP) is 2.30. The first-order valence-corrected chi connectivity index (χ1v) is 10.3. The van der Waals surface area contributed by atoms with Crippen LogP contribution >= 0.6 is 0 Å². The van der Waals surface area contributed by atoms with Crippen molar-refractivity contribution in [1.82, 2.24) is 4.72 Å². The van der Waals surface area contributed by atoms with E-state index in [1.54, 1.807) is 0 Å². The van der Waals surface area contributed by atoms with Gasteiger partial charge in [-0.2, -0.15) is 30.7 Å². The van der Waals surface area contributed by atoms with E-state index in [2.05, 4.69) is 0 Å². The number of hydrogen-bond donors (Lipinski definition) is 1. The Hall–Kier alpha value is -0.630. The first kappa shape index (κ1) is 22.4. The molecule has 0 amide bonds. The first-order chi connectivity index (χ1) is 11.0. The Morgan fingerprint density at radius 3 is 1.88 bits per heavy atom. The number of alkyl halides is 7. The van der Waals surface area contributed by atoms with Gasteiger partial charge in [-0.15, -0.1) is 0 Å². The fourth-order valence-corrected chi connectivity index (χ4v) is 4.89. The fraction of sp³-hybridized carbons (Fsp3) is 1.00. The molecule has 25 heavy (non-hydrogen) atoms. The largest absolute Gasteiger partial charge is 0.420 e. The lowest BCUT2D eigenvalue weighted by molar-refractivity contribution is -0.235. The summed E-state index contributed by atoms with van der Waals surface area (Å²) in [6, 6.07) is 0. The highest BCUT2D eigenvalue weighted by atomic mass is 32.2. The van der Waals surface area contributed by atoms with Gasteiger partial charge in [0.25, 0.3) is 10.0 Å². The minimum Gasteiger partial charge on any atom is -0.229 e. The van der Waals surface area contributed by atoms with Crippen molar-refractivity contribution >= 4 is 19.9 Å². The topological polar surface area (TPSA) is 80.3 Å². The van der Waals surface area contributed by atoms with Crippen LogP contribution in [-0.2, 0) is 19.9 Å². The van der Waals surface area contributed by atoms with Crippen LogP contribution in [0.4, 0.5) is 30.7 Å². The molecular formula is C11H16F7NO4S2. The van der Waals surface area contributed by atoms with Gasteiger partial charge in [-0.05, 0) is 25.2 Å². The van der Waals surface area contributed by atoms with Gasteiger partial charge in [-0.25, -0.2) is 21.6 Å². The highest BCUT2D eigenvalue weighted by Gasteiger charge is 2.68. The lowest BCUT2D eigenvalue weighted by Gasteiger charge is -2.27. The van der Waals surface area contributed by atoms with Gasteiger partial charge in [-0.1, -0.05) is 0 Å². The molecule has 1 saturated heterocycles. The van der Waals surface area contributed by atoms with Crippen LogP contribution in [-0.4, -0.2) is 52.2 Å². The Morgan fingerprint density at radius 1 is 0.960 bits per heavy atom. The van der Waals surface area contributed by atoms with E-state index in [-0.39, 0.29) is 36.7 Å². The van der Waals surface area contributed by atoms with Crippen LogP contribution in [0.2, 0.25) is 0 Å². The van der Waals surface area contributed by atoms with E-state index < -0.39 is 50.2 Å². The van der Waals surface area contributed by atoms with Crippen molar-refractivity contribution in [1.29, 1.82) is 0 Å².